The van der Waals surface area contributed by atoms with Gasteiger partial charge in [0, 0.05) is 11.1 Å². The van der Waals surface area contributed by atoms with Gasteiger partial charge in [-0.1, -0.05) is 17.6 Å². The van der Waals surface area contributed by atoms with Gasteiger partial charge in [-0.05, 0) is 35.7 Å². The summed E-state index contributed by atoms with van der Waals surface area (Å²) in [6.07, 6.45) is 1.43. The van der Waals surface area contributed by atoms with E-state index in [1.165, 1.54) is 15.6 Å². The molecule has 0 saturated heterocycles. The highest BCUT2D eigenvalue weighted by Gasteiger charge is 2.04. The quantitative estimate of drug-likeness (QED) is 0.716. The second kappa shape index (κ2) is 4.19. The average molecular weight is 214 g/mol. The van der Waals surface area contributed by atoms with Crippen molar-refractivity contribution in [3.63, 3.8) is 0 Å². The van der Waals surface area contributed by atoms with Crippen LogP contribution >= 0.6 is 11.3 Å². The molecule has 0 aliphatic carbocycles. The van der Waals surface area contributed by atoms with Crippen LogP contribution in [0.15, 0.2) is 23.6 Å². The van der Waals surface area contributed by atoms with E-state index in [9.17, 15) is 4.79 Å². The summed E-state index contributed by atoms with van der Waals surface area (Å²) in [4.78, 5) is 10.9. The molecule has 74 valence electrons. The van der Waals surface area contributed by atoms with Crippen LogP contribution in [0.1, 0.15) is 18.9 Å². The molecule has 0 atom stereocenters. The molecule has 0 fully saturated rings. The topological polar surface area (TPSA) is 17.1 Å². The van der Waals surface area contributed by atoms with Gasteiger partial charge in [-0.15, -0.1) is 11.3 Å². The molecule has 2 aromatic rings. The molecule has 0 amide bonds. The fourth-order valence-electron chi connectivity index (χ4n) is 1.60. The predicted octanol–water partition coefficient (Wildman–Crippen LogP) is 2.22. The van der Waals surface area contributed by atoms with Gasteiger partial charge < -0.3 is 4.79 Å². The standard InChI is InChI=1S/C12H11BOS/c1-8(14)2-3-9-7-15-12-5-4-10(13)6-11(9)12/h4-7H,2-3H2,1H3. The second-order valence-electron chi connectivity index (χ2n) is 3.72. The van der Waals surface area contributed by atoms with E-state index in [2.05, 4.69) is 5.38 Å². The third kappa shape index (κ3) is 2.29. The van der Waals surface area contributed by atoms with Crippen LogP contribution in [0.2, 0.25) is 0 Å². The molecule has 0 saturated carbocycles. The number of fused-ring (bicyclic) bond motifs is 1. The van der Waals surface area contributed by atoms with Crippen molar-refractivity contribution in [1.29, 1.82) is 0 Å². The summed E-state index contributed by atoms with van der Waals surface area (Å²) in [7, 11) is 5.75. The highest BCUT2D eigenvalue weighted by Crippen LogP contribution is 2.25. The van der Waals surface area contributed by atoms with Gasteiger partial charge in [0.25, 0.3) is 0 Å². The summed E-state index contributed by atoms with van der Waals surface area (Å²) in [6.45, 7) is 1.63. The maximum Gasteiger partial charge on any atom is 0.130 e. The molecule has 0 aliphatic heterocycles. The van der Waals surface area contributed by atoms with Gasteiger partial charge in [-0.2, -0.15) is 0 Å². The number of hydrogen-bond acceptors (Lipinski definition) is 2. The molecule has 15 heavy (non-hydrogen) atoms. The molecule has 2 radical (unpaired) electrons. The van der Waals surface area contributed by atoms with Crippen LogP contribution in [0.4, 0.5) is 0 Å². The molecule has 1 nitrogen and oxygen atoms in total. The molecule has 0 N–H and O–H groups in total. The zero-order valence-corrected chi connectivity index (χ0v) is 9.43. The SMILES string of the molecule is [B]c1ccc2scc(CCC(C)=O)c2c1. The summed E-state index contributed by atoms with van der Waals surface area (Å²) >= 11 is 1.71. The fourth-order valence-corrected chi connectivity index (χ4v) is 2.58. The number of hydrogen-bond donors (Lipinski definition) is 0. The van der Waals surface area contributed by atoms with Gasteiger partial charge in [-0.3, -0.25) is 0 Å². The highest BCUT2D eigenvalue weighted by molar-refractivity contribution is 7.17. The van der Waals surface area contributed by atoms with Gasteiger partial charge >= 0.3 is 0 Å². The van der Waals surface area contributed by atoms with E-state index in [4.69, 9.17) is 7.85 Å². The monoisotopic (exact) mass is 214 g/mol. The van der Waals surface area contributed by atoms with Crippen LogP contribution in [0.5, 0.6) is 0 Å². The van der Waals surface area contributed by atoms with E-state index < -0.39 is 0 Å². The fraction of sp³-hybridized carbons (Fsp3) is 0.250. The molecular weight excluding hydrogens is 203 g/mol. The Morgan fingerprint density at radius 3 is 3.00 bits per heavy atom. The first kappa shape index (κ1) is 10.4. The molecule has 3 heteroatoms. The zero-order chi connectivity index (χ0) is 10.8. The second-order valence-corrected chi connectivity index (χ2v) is 4.63. The normalized spacial score (nSPS) is 10.7. The minimum absolute atomic E-state index is 0.234. The number of carbonyl (C=O) groups excluding carboxylic acids is 1. The third-order valence-electron chi connectivity index (χ3n) is 2.42. The number of rotatable bonds is 3. The van der Waals surface area contributed by atoms with E-state index in [0.29, 0.717) is 6.42 Å². The molecule has 0 aliphatic rings. The number of carbonyl (C=O) groups is 1. The minimum atomic E-state index is 0.234. The van der Waals surface area contributed by atoms with E-state index >= 15 is 0 Å². The molecule has 1 aromatic carbocycles. The Morgan fingerprint density at radius 1 is 1.47 bits per heavy atom. The summed E-state index contributed by atoms with van der Waals surface area (Å²) in [5.74, 6) is 0.234. The molecule has 1 aromatic heterocycles. The first-order chi connectivity index (χ1) is 7.16. The van der Waals surface area contributed by atoms with Gasteiger partial charge in [-0.25, -0.2) is 0 Å². The lowest BCUT2D eigenvalue weighted by Gasteiger charge is -1.98. The Balaban J connectivity index is 2.35. The molecule has 0 unspecified atom stereocenters. The van der Waals surface area contributed by atoms with Crippen LogP contribution in [-0.4, -0.2) is 13.6 Å². The van der Waals surface area contributed by atoms with E-state index in [-0.39, 0.29) is 5.78 Å². The summed E-state index contributed by atoms with van der Waals surface area (Å²) in [5.41, 5.74) is 2.02. The zero-order valence-electron chi connectivity index (χ0n) is 8.62. The van der Waals surface area contributed by atoms with Crippen LogP contribution in [0.25, 0.3) is 10.1 Å². The van der Waals surface area contributed by atoms with Crippen LogP contribution in [0, 0.1) is 0 Å². The van der Waals surface area contributed by atoms with Crippen molar-refractivity contribution >= 4 is 40.5 Å². The maximum absolute atomic E-state index is 10.9. The van der Waals surface area contributed by atoms with Crippen molar-refractivity contribution in [2.45, 2.75) is 19.8 Å². The van der Waals surface area contributed by atoms with Crippen molar-refractivity contribution in [2.24, 2.45) is 0 Å². The number of thiophene rings is 1. The maximum atomic E-state index is 10.9. The lowest BCUT2D eigenvalue weighted by Crippen LogP contribution is -2.00. The average Bonchev–Trinajstić information content (AvgIpc) is 2.57. The number of benzene rings is 1. The smallest absolute Gasteiger partial charge is 0.130 e. The lowest BCUT2D eigenvalue weighted by molar-refractivity contribution is -0.116. The van der Waals surface area contributed by atoms with Crippen molar-refractivity contribution in [3.05, 3.63) is 29.1 Å². The van der Waals surface area contributed by atoms with Crippen molar-refractivity contribution in [3.8, 4) is 0 Å². The Labute approximate surface area is 94.5 Å². The predicted molar refractivity (Wildman–Crippen MR) is 66.2 cm³/mol. The molecule has 1 heterocycles. The van der Waals surface area contributed by atoms with Crippen molar-refractivity contribution in [1.82, 2.24) is 0 Å². The number of Topliss-reactive ketones (excluding diaryl/α,β-unsaturated/α-hetero) is 1. The van der Waals surface area contributed by atoms with Gasteiger partial charge in [0.1, 0.15) is 13.6 Å². The first-order valence-corrected chi connectivity index (χ1v) is 5.80. The summed E-state index contributed by atoms with van der Waals surface area (Å²) < 4.78 is 1.24. The molecular formula is C12H11BOS. The van der Waals surface area contributed by atoms with E-state index in [1.54, 1.807) is 18.3 Å². The van der Waals surface area contributed by atoms with Crippen LogP contribution in [0.3, 0.4) is 0 Å². The summed E-state index contributed by atoms with van der Waals surface area (Å²) in [5, 5.41) is 3.31. The number of aryl methyl sites for hydroxylation is 1. The molecule has 2 rings (SSSR count). The first-order valence-electron chi connectivity index (χ1n) is 4.92. The highest BCUT2D eigenvalue weighted by atomic mass is 32.1. The number of ketones is 1. The minimum Gasteiger partial charge on any atom is -0.300 e. The van der Waals surface area contributed by atoms with Gasteiger partial charge in [0.15, 0.2) is 0 Å². The Kier molecular flexibility index (Phi) is 2.92. The van der Waals surface area contributed by atoms with Gasteiger partial charge in [0.05, 0.1) is 0 Å². The Morgan fingerprint density at radius 2 is 2.27 bits per heavy atom. The van der Waals surface area contributed by atoms with E-state index in [0.717, 1.165) is 11.9 Å². The van der Waals surface area contributed by atoms with Crippen molar-refractivity contribution < 1.29 is 4.79 Å². The Hall–Kier alpha value is -1.09. The summed E-state index contributed by atoms with van der Waals surface area (Å²) in [6, 6.07) is 5.93. The lowest BCUT2D eigenvalue weighted by atomic mass is 9.94. The van der Waals surface area contributed by atoms with Gasteiger partial charge in [0.2, 0.25) is 0 Å². The van der Waals surface area contributed by atoms with Crippen LogP contribution < -0.4 is 5.46 Å². The van der Waals surface area contributed by atoms with Crippen LogP contribution in [-0.2, 0) is 11.2 Å². The Bertz CT molecular complexity index is 501. The van der Waals surface area contributed by atoms with E-state index in [1.807, 2.05) is 18.2 Å². The molecule has 0 spiro atoms. The van der Waals surface area contributed by atoms with Crippen molar-refractivity contribution in [2.75, 3.05) is 0 Å². The largest absolute Gasteiger partial charge is 0.300 e. The molecule has 0 bridgehead atoms. The third-order valence-corrected chi connectivity index (χ3v) is 3.44.